The fourth-order valence-corrected chi connectivity index (χ4v) is 2.11. The molecule has 0 spiro atoms. The minimum Gasteiger partial charge on any atom is -0.330 e. The van der Waals surface area contributed by atoms with E-state index in [0.29, 0.717) is 0 Å². The van der Waals surface area contributed by atoms with Crippen LogP contribution in [-0.2, 0) is 4.79 Å². The van der Waals surface area contributed by atoms with Crippen LogP contribution in [0.1, 0.15) is 13.8 Å². The van der Waals surface area contributed by atoms with Crippen molar-refractivity contribution in [3.8, 4) is 0 Å². The third-order valence-corrected chi connectivity index (χ3v) is 3.25. The first-order chi connectivity index (χ1) is 8.36. The summed E-state index contributed by atoms with van der Waals surface area (Å²) in [5.74, 6) is -1.08. The van der Waals surface area contributed by atoms with Crippen molar-refractivity contribution in [1.29, 1.82) is 0 Å². The highest BCUT2D eigenvalue weighted by molar-refractivity contribution is 6.39. The zero-order valence-electron chi connectivity index (χ0n) is 10.1. The highest BCUT2D eigenvalue weighted by Crippen LogP contribution is 2.32. The number of anilines is 1. The van der Waals surface area contributed by atoms with Crippen LogP contribution in [0.15, 0.2) is 12.1 Å². The molecule has 100 valence electrons. The van der Waals surface area contributed by atoms with Crippen molar-refractivity contribution in [2.24, 2.45) is 17.6 Å². The zero-order valence-corrected chi connectivity index (χ0v) is 11.6. The van der Waals surface area contributed by atoms with E-state index in [4.69, 9.17) is 28.9 Å². The fraction of sp³-hybridized carbons (Fsp3) is 0.417. The normalized spacial score (nSPS) is 12.6. The van der Waals surface area contributed by atoms with Crippen LogP contribution < -0.4 is 11.1 Å². The molecule has 0 saturated heterocycles. The molecule has 0 aliphatic carbocycles. The van der Waals surface area contributed by atoms with E-state index in [0.717, 1.165) is 12.1 Å². The summed E-state index contributed by atoms with van der Waals surface area (Å²) < 4.78 is 13.0. The maximum absolute atomic E-state index is 13.0. The Morgan fingerprint density at radius 2 is 1.89 bits per heavy atom. The number of rotatable bonds is 4. The average Bonchev–Trinajstić information content (AvgIpc) is 2.23. The highest BCUT2D eigenvalue weighted by Gasteiger charge is 2.22. The third kappa shape index (κ3) is 3.57. The molecule has 0 aliphatic rings. The van der Waals surface area contributed by atoms with Gasteiger partial charge in [-0.2, -0.15) is 0 Å². The van der Waals surface area contributed by atoms with Crippen LogP contribution in [0.25, 0.3) is 0 Å². The lowest BCUT2D eigenvalue weighted by Gasteiger charge is -2.19. The molecule has 1 unspecified atom stereocenters. The van der Waals surface area contributed by atoms with Gasteiger partial charge < -0.3 is 11.1 Å². The van der Waals surface area contributed by atoms with E-state index in [9.17, 15) is 9.18 Å². The molecular weight excluding hydrogens is 278 g/mol. The number of nitrogens with one attached hydrogen (secondary N) is 1. The Kier molecular flexibility index (Phi) is 5.38. The molecule has 0 radical (unpaired) electrons. The van der Waals surface area contributed by atoms with Gasteiger partial charge in [0.1, 0.15) is 5.82 Å². The van der Waals surface area contributed by atoms with E-state index in [1.807, 2.05) is 13.8 Å². The Balaban J connectivity index is 2.95. The number of nitrogens with two attached hydrogens (primary N) is 1. The van der Waals surface area contributed by atoms with Crippen molar-refractivity contribution in [2.75, 3.05) is 11.9 Å². The number of halogens is 3. The molecule has 3 nitrogen and oxygen atoms in total. The second kappa shape index (κ2) is 6.36. The summed E-state index contributed by atoms with van der Waals surface area (Å²) in [6, 6.07) is 2.19. The van der Waals surface area contributed by atoms with Crippen LogP contribution in [0.5, 0.6) is 0 Å². The number of carbonyl (C=O) groups is 1. The molecule has 0 aliphatic heterocycles. The van der Waals surface area contributed by atoms with Gasteiger partial charge in [0, 0.05) is 6.54 Å². The predicted molar refractivity (Wildman–Crippen MR) is 72.4 cm³/mol. The van der Waals surface area contributed by atoms with E-state index in [-0.39, 0.29) is 40.0 Å². The second-order valence-electron chi connectivity index (χ2n) is 4.32. The zero-order chi connectivity index (χ0) is 13.9. The first kappa shape index (κ1) is 15.2. The van der Waals surface area contributed by atoms with Gasteiger partial charge in [-0.3, -0.25) is 4.79 Å². The largest absolute Gasteiger partial charge is 0.330 e. The fourth-order valence-electron chi connectivity index (χ4n) is 1.56. The lowest BCUT2D eigenvalue weighted by atomic mass is 9.95. The van der Waals surface area contributed by atoms with E-state index in [1.54, 1.807) is 0 Å². The van der Waals surface area contributed by atoms with Gasteiger partial charge in [-0.15, -0.1) is 0 Å². The van der Waals surface area contributed by atoms with Gasteiger partial charge in [0.15, 0.2) is 0 Å². The summed E-state index contributed by atoms with van der Waals surface area (Å²) in [6.45, 7) is 4.01. The summed E-state index contributed by atoms with van der Waals surface area (Å²) in [5.41, 5.74) is 5.75. The Morgan fingerprint density at radius 1 is 1.39 bits per heavy atom. The number of carbonyl (C=O) groups excluding carboxylic acids is 1. The molecule has 18 heavy (non-hydrogen) atoms. The van der Waals surface area contributed by atoms with Crippen LogP contribution >= 0.6 is 23.2 Å². The molecule has 0 saturated carbocycles. The molecule has 0 bridgehead atoms. The Labute approximate surface area is 115 Å². The molecule has 3 N–H and O–H groups in total. The minimum atomic E-state index is -0.553. The summed E-state index contributed by atoms with van der Waals surface area (Å²) in [4.78, 5) is 12.0. The van der Waals surface area contributed by atoms with Gasteiger partial charge in [0.2, 0.25) is 5.91 Å². The first-order valence-electron chi connectivity index (χ1n) is 5.52. The van der Waals surface area contributed by atoms with Crippen molar-refractivity contribution in [1.82, 2.24) is 0 Å². The van der Waals surface area contributed by atoms with Gasteiger partial charge in [-0.05, 0) is 18.1 Å². The van der Waals surface area contributed by atoms with E-state index < -0.39 is 5.82 Å². The summed E-state index contributed by atoms with van der Waals surface area (Å²) in [6.07, 6.45) is 0. The standard InChI is InChI=1S/C12H15Cl2FN2O/c1-6(2)8(5-16)12(18)17-11-9(13)3-7(15)4-10(11)14/h3-4,6,8H,5,16H2,1-2H3,(H,17,18). The molecule has 1 aromatic rings. The van der Waals surface area contributed by atoms with Crippen molar-refractivity contribution >= 4 is 34.8 Å². The Hall–Kier alpha value is -0.840. The topological polar surface area (TPSA) is 55.1 Å². The van der Waals surface area contributed by atoms with Gasteiger partial charge in [-0.1, -0.05) is 37.0 Å². The molecular formula is C12H15Cl2FN2O. The van der Waals surface area contributed by atoms with E-state index in [1.165, 1.54) is 0 Å². The Bertz CT molecular complexity index is 429. The van der Waals surface area contributed by atoms with Crippen LogP contribution in [-0.4, -0.2) is 12.5 Å². The van der Waals surface area contributed by atoms with Crippen molar-refractivity contribution < 1.29 is 9.18 Å². The van der Waals surface area contributed by atoms with Crippen LogP contribution in [0.3, 0.4) is 0 Å². The minimum absolute atomic E-state index is 0.0628. The van der Waals surface area contributed by atoms with Crippen LogP contribution in [0.2, 0.25) is 10.0 Å². The van der Waals surface area contributed by atoms with Gasteiger partial charge in [-0.25, -0.2) is 4.39 Å². The number of amides is 1. The van der Waals surface area contributed by atoms with E-state index >= 15 is 0 Å². The first-order valence-corrected chi connectivity index (χ1v) is 6.27. The number of hydrogen-bond acceptors (Lipinski definition) is 2. The van der Waals surface area contributed by atoms with Crippen molar-refractivity contribution in [3.63, 3.8) is 0 Å². The smallest absolute Gasteiger partial charge is 0.229 e. The molecule has 0 heterocycles. The van der Waals surface area contributed by atoms with Crippen molar-refractivity contribution in [3.05, 3.63) is 28.0 Å². The van der Waals surface area contributed by atoms with Crippen molar-refractivity contribution in [2.45, 2.75) is 13.8 Å². The van der Waals surface area contributed by atoms with Gasteiger partial charge >= 0.3 is 0 Å². The third-order valence-electron chi connectivity index (χ3n) is 2.65. The van der Waals surface area contributed by atoms with Crippen LogP contribution in [0, 0.1) is 17.7 Å². The molecule has 6 heteroatoms. The monoisotopic (exact) mass is 292 g/mol. The number of benzene rings is 1. The molecule has 1 rings (SSSR count). The summed E-state index contributed by atoms with van der Waals surface area (Å²) >= 11 is 11.7. The van der Waals surface area contributed by atoms with Crippen LogP contribution in [0.4, 0.5) is 10.1 Å². The predicted octanol–water partition coefficient (Wildman–Crippen LogP) is 3.30. The molecule has 1 aromatic carbocycles. The maximum Gasteiger partial charge on any atom is 0.229 e. The number of hydrogen-bond donors (Lipinski definition) is 2. The maximum atomic E-state index is 13.0. The SMILES string of the molecule is CC(C)C(CN)C(=O)Nc1c(Cl)cc(F)cc1Cl. The summed E-state index contributed by atoms with van der Waals surface area (Å²) in [7, 11) is 0. The van der Waals surface area contributed by atoms with E-state index in [2.05, 4.69) is 5.32 Å². The highest BCUT2D eigenvalue weighted by atomic mass is 35.5. The molecule has 1 amide bonds. The van der Waals surface area contributed by atoms with Gasteiger partial charge in [0.05, 0.1) is 21.7 Å². The molecule has 0 aromatic heterocycles. The lowest BCUT2D eigenvalue weighted by molar-refractivity contribution is -0.120. The second-order valence-corrected chi connectivity index (χ2v) is 5.13. The average molecular weight is 293 g/mol. The molecule has 1 atom stereocenters. The van der Waals surface area contributed by atoms with Gasteiger partial charge in [0.25, 0.3) is 0 Å². The summed E-state index contributed by atoms with van der Waals surface area (Å²) in [5, 5.41) is 2.71. The molecule has 0 fully saturated rings. The lowest BCUT2D eigenvalue weighted by Crippen LogP contribution is -2.33. The Morgan fingerprint density at radius 3 is 2.28 bits per heavy atom. The quantitative estimate of drug-likeness (QED) is 0.895.